The third kappa shape index (κ3) is 1.83. The van der Waals surface area contributed by atoms with Crippen molar-refractivity contribution in [1.82, 2.24) is 4.98 Å². The number of carboxylic acid groups (broad SMARTS) is 1. The van der Waals surface area contributed by atoms with E-state index in [2.05, 4.69) is 4.98 Å². The molecule has 1 aromatic carbocycles. The molecule has 0 saturated heterocycles. The van der Waals surface area contributed by atoms with Gasteiger partial charge in [-0.25, -0.2) is 0 Å². The molecule has 0 unspecified atom stereocenters. The van der Waals surface area contributed by atoms with E-state index < -0.39 is 5.97 Å². The first kappa shape index (κ1) is 11.6. The van der Waals surface area contributed by atoms with Gasteiger partial charge in [-0.1, -0.05) is 6.07 Å². The Bertz CT molecular complexity index is 721. The number of carboxylic acids is 1. The molecule has 1 aliphatic heterocycles. The largest absolute Gasteiger partial charge is 0.545 e. The van der Waals surface area contributed by atoms with Crippen LogP contribution in [0.5, 0.6) is 5.75 Å². The predicted molar refractivity (Wildman–Crippen MR) is 64.8 cm³/mol. The van der Waals surface area contributed by atoms with Crippen LogP contribution in [0.1, 0.15) is 28.0 Å². The molecule has 0 N–H and O–H groups in total. The van der Waals surface area contributed by atoms with Crippen LogP contribution in [0.25, 0.3) is 10.9 Å². The number of rotatable bonds is 1. The van der Waals surface area contributed by atoms with Gasteiger partial charge in [0.25, 0.3) is 0 Å². The number of carbonyl (C=O) groups excluding carboxylic acids is 2. The molecule has 1 aliphatic rings. The van der Waals surface area contributed by atoms with Crippen LogP contribution in [0.3, 0.4) is 0 Å². The second-order valence-electron chi connectivity index (χ2n) is 4.50. The topological polar surface area (TPSA) is 79.3 Å². The van der Waals surface area contributed by atoms with Crippen LogP contribution >= 0.6 is 0 Å². The molecule has 2 aromatic rings. The van der Waals surface area contributed by atoms with Gasteiger partial charge in [0, 0.05) is 16.6 Å². The Kier molecular flexibility index (Phi) is 2.48. The first-order chi connectivity index (χ1) is 9.06. The Morgan fingerprint density at radius 3 is 2.89 bits per heavy atom. The van der Waals surface area contributed by atoms with Gasteiger partial charge in [0.05, 0.1) is 17.9 Å². The summed E-state index contributed by atoms with van der Waals surface area (Å²) in [7, 11) is 0. The smallest absolute Gasteiger partial charge is 0.311 e. The van der Waals surface area contributed by atoms with E-state index in [0.717, 1.165) is 11.3 Å². The molecular weight excluding hydrogens is 246 g/mol. The minimum absolute atomic E-state index is 0.0435. The van der Waals surface area contributed by atoms with Gasteiger partial charge in [-0.3, -0.25) is 9.78 Å². The maximum absolute atomic E-state index is 11.4. The lowest BCUT2D eigenvalue weighted by atomic mass is 10.00. The molecule has 0 atom stereocenters. The Labute approximate surface area is 108 Å². The minimum Gasteiger partial charge on any atom is -0.545 e. The highest BCUT2D eigenvalue weighted by Crippen LogP contribution is 2.35. The van der Waals surface area contributed by atoms with Crippen LogP contribution in [0.4, 0.5) is 0 Å². The first-order valence-corrected chi connectivity index (χ1v) is 5.91. The molecule has 5 nitrogen and oxygen atoms in total. The zero-order chi connectivity index (χ0) is 13.6. The normalized spacial score (nSPS) is 14.1. The summed E-state index contributed by atoms with van der Waals surface area (Å²) < 4.78 is 5.27. The second-order valence-corrected chi connectivity index (χ2v) is 4.50. The molecule has 5 heteroatoms. The molecule has 0 fully saturated rings. The molecule has 0 saturated carbocycles. The number of ether oxygens (including phenoxy) is 1. The highest BCUT2D eigenvalue weighted by molar-refractivity contribution is 5.96. The average molecular weight is 256 g/mol. The van der Waals surface area contributed by atoms with E-state index in [0.29, 0.717) is 29.5 Å². The number of aryl methyl sites for hydroxylation is 1. The number of nitrogens with zero attached hydrogens (tertiary/aromatic N) is 1. The third-order valence-electron chi connectivity index (χ3n) is 3.27. The fourth-order valence-corrected chi connectivity index (χ4v) is 2.32. The highest BCUT2D eigenvalue weighted by Gasteiger charge is 2.22. The van der Waals surface area contributed by atoms with E-state index in [1.165, 1.54) is 12.1 Å². The number of aromatic nitrogens is 1. The van der Waals surface area contributed by atoms with Crippen molar-refractivity contribution in [3.8, 4) is 5.75 Å². The standard InChI is InChI=1S/C14H11NO4/c1-7-9-3-5-12(16)19-13(9)10-6-8(14(17)18)2-4-11(10)15-7/h2,4,6H,3,5H2,1H3,(H,17,18)/p-1. The maximum atomic E-state index is 11.4. The van der Waals surface area contributed by atoms with Crippen LogP contribution in [0.15, 0.2) is 18.2 Å². The molecular formula is C14H10NO4-. The van der Waals surface area contributed by atoms with E-state index >= 15 is 0 Å². The molecule has 0 aliphatic carbocycles. The van der Waals surface area contributed by atoms with Crippen molar-refractivity contribution in [3.05, 3.63) is 35.0 Å². The van der Waals surface area contributed by atoms with Crippen LogP contribution in [0, 0.1) is 6.92 Å². The number of aromatic carboxylic acids is 1. The van der Waals surface area contributed by atoms with Crippen LogP contribution < -0.4 is 9.84 Å². The molecule has 96 valence electrons. The number of fused-ring (bicyclic) bond motifs is 3. The fraction of sp³-hybridized carbons (Fsp3) is 0.214. The minimum atomic E-state index is -1.27. The Hall–Kier alpha value is -2.43. The number of pyridine rings is 1. The van der Waals surface area contributed by atoms with Crippen molar-refractivity contribution in [2.75, 3.05) is 0 Å². The number of benzene rings is 1. The molecule has 0 amide bonds. The van der Waals surface area contributed by atoms with Gasteiger partial charge < -0.3 is 14.6 Å². The van der Waals surface area contributed by atoms with Gasteiger partial charge in [-0.15, -0.1) is 0 Å². The summed E-state index contributed by atoms with van der Waals surface area (Å²) in [6.07, 6.45) is 0.889. The molecule has 2 heterocycles. The Morgan fingerprint density at radius 2 is 2.16 bits per heavy atom. The zero-order valence-corrected chi connectivity index (χ0v) is 10.2. The SMILES string of the molecule is Cc1nc2ccc(C(=O)[O-])cc2c2c1CCC(=O)O2. The van der Waals surface area contributed by atoms with Crippen molar-refractivity contribution in [2.45, 2.75) is 19.8 Å². The Balaban J connectivity index is 2.33. The van der Waals surface area contributed by atoms with Crippen LogP contribution in [0.2, 0.25) is 0 Å². The number of hydrogen-bond acceptors (Lipinski definition) is 5. The fourth-order valence-electron chi connectivity index (χ4n) is 2.32. The van der Waals surface area contributed by atoms with Gasteiger partial charge >= 0.3 is 5.97 Å². The van der Waals surface area contributed by atoms with Crippen LogP contribution in [-0.4, -0.2) is 16.9 Å². The predicted octanol–water partition coefficient (Wildman–Crippen LogP) is 0.758. The third-order valence-corrected chi connectivity index (χ3v) is 3.27. The van der Waals surface area contributed by atoms with E-state index in [1.54, 1.807) is 6.07 Å². The van der Waals surface area contributed by atoms with Crippen molar-refractivity contribution in [1.29, 1.82) is 0 Å². The van der Waals surface area contributed by atoms with Gasteiger partial charge in [-0.05, 0) is 31.0 Å². The van der Waals surface area contributed by atoms with Gasteiger partial charge in [0.2, 0.25) is 0 Å². The number of hydrogen-bond donors (Lipinski definition) is 0. The lowest BCUT2D eigenvalue weighted by Crippen LogP contribution is -2.22. The maximum Gasteiger partial charge on any atom is 0.311 e. The molecule has 0 spiro atoms. The molecule has 0 bridgehead atoms. The van der Waals surface area contributed by atoms with Crippen molar-refractivity contribution in [2.24, 2.45) is 0 Å². The van der Waals surface area contributed by atoms with E-state index in [1.807, 2.05) is 6.92 Å². The monoisotopic (exact) mass is 256 g/mol. The molecule has 19 heavy (non-hydrogen) atoms. The lowest BCUT2D eigenvalue weighted by molar-refractivity contribution is -0.255. The molecule has 0 radical (unpaired) electrons. The zero-order valence-electron chi connectivity index (χ0n) is 10.2. The average Bonchev–Trinajstić information content (AvgIpc) is 2.38. The lowest BCUT2D eigenvalue weighted by Gasteiger charge is -2.19. The molecule has 3 rings (SSSR count). The summed E-state index contributed by atoms with van der Waals surface area (Å²) in [6.45, 7) is 1.85. The summed E-state index contributed by atoms with van der Waals surface area (Å²) in [5.41, 5.74) is 2.32. The summed E-state index contributed by atoms with van der Waals surface area (Å²) in [5.74, 6) is -1.14. The highest BCUT2D eigenvalue weighted by atomic mass is 16.5. The van der Waals surface area contributed by atoms with Gasteiger partial charge in [-0.2, -0.15) is 0 Å². The van der Waals surface area contributed by atoms with Crippen molar-refractivity contribution < 1.29 is 19.4 Å². The van der Waals surface area contributed by atoms with Gasteiger partial charge in [0.15, 0.2) is 0 Å². The van der Waals surface area contributed by atoms with E-state index in [4.69, 9.17) is 4.74 Å². The summed E-state index contributed by atoms with van der Waals surface area (Å²) in [4.78, 5) is 26.7. The van der Waals surface area contributed by atoms with Gasteiger partial charge in [0.1, 0.15) is 5.75 Å². The number of esters is 1. The number of carbonyl (C=O) groups is 2. The van der Waals surface area contributed by atoms with E-state index in [9.17, 15) is 14.7 Å². The summed E-state index contributed by atoms with van der Waals surface area (Å²) >= 11 is 0. The van der Waals surface area contributed by atoms with E-state index in [-0.39, 0.29) is 11.5 Å². The second kappa shape index (κ2) is 4.05. The van der Waals surface area contributed by atoms with Crippen LogP contribution in [-0.2, 0) is 11.2 Å². The summed E-state index contributed by atoms with van der Waals surface area (Å²) in [5, 5.41) is 11.4. The summed E-state index contributed by atoms with van der Waals surface area (Å²) in [6, 6.07) is 4.46. The molecule has 1 aromatic heterocycles. The van der Waals surface area contributed by atoms with Crippen molar-refractivity contribution >= 4 is 22.8 Å². The van der Waals surface area contributed by atoms with Crippen molar-refractivity contribution in [3.63, 3.8) is 0 Å². The Morgan fingerprint density at radius 1 is 1.37 bits per heavy atom. The first-order valence-electron chi connectivity index (χ1n) is 5.91. The quantitative estimate of drug-likeness (QED) is 0.704.